The third-order valence-corrected chi connectivity index (χ3v) is 3.24. The second kappa shape index (κ2) is 6.19. The van der Waals surface area contributed by atoms with Gasteiger partial charge in [-0.1, -0.05) is 13.2 Å². The zero-order valence-corrected chi connectivity index (χ0v) is 10.9. The summed E-state index contributed by atoms with van der Waals surface area (Å²) < 4.78 is 0. The second-order valence-corrected chi connectivity index (χ2v) is 4.60. The highest BCUT2D eigenvalue weighted by molar-refractivity contribution is 4.96. The van der Waals surface area contributed by atoms with Crippen molar-refractivity contribution in [3.63, 3.8) is 0 Å². The van der Waals surface area contributed by atoms with Crippen LogP contribution >= 0.6 is 0 Å². The first-order valence-electron chi connectivity index (χ1n) is 6.43. The molecule has 0 saturated heterocycles. The van der Waals surface area contributed by atoms with Crippen molar-refractivity contribution < 1.29 is 0 Å². The van der Waals surface area contributed by atoms with E-state index in [0.29, 0.717) is 0 Å². The molecule has 0 aromatic rings. The molecule has 2 rings (SSSR count). The fourth-order valence-electron chi connectivity index (χ4n) is 2.13. The largest absolute Gasteiger partial charge is 0.358 e. The molecule has 0 N–H and O–H groups in total. The van der Waals surface area contributed by atoms with E-state index >= 15 is 0 Å². The number of nitrogens with zero attached hydrogens (tertiary/aromatic N) is 4. The van der Waals surface area contributed by atoms with Gasteiger partial charge >= 0.3 is 0 Å². The van der Waals surface area contributed by atoms with Crippen molar-refractivity contribution in [1.82, 2.24) is 19.6 Å². The van der Waals surface area contributed by atoms with E-state index in [4.69, 9.17) is 0 Å². The van der Waals surface area contributed by atoms with E-state index in [1.165, 1.54) is 12.8 Å². The van der Waals surface area contributed by atoms with Gasteiger partial charge in [0.2, 0.25) is 0 Å². The third kappa shape index (κ3) is 3.32. The van der Waals surface area contributed by atoms with Crippen LogP contribution in [0.4, 0.5) is 0 Å². The number of hydrogen-bond donors (Lipinski definition) is 0. The summed E-state index contributed by atoms with van der Waals surface area (Å²) in [6, 6.07) is 0. The van der Waals surface area contributed by atoms with Crippen LogP contribution < -0.4 is 0 Å². The van der Waals surface area contributed by atoms with Crippen molar-refractivity contribution in [3.05, 3.63) is 50.4 Å². The molecule has 2 aliphatic rings. The molecule has 0 amide bonds. The molecule has 0 aromatic carbocycles. The molecule has 0 aliphatic carbocycles. The summed E-state index contributed by atoms with van der Waals surface area (Å²) in [6.07, 6.45) is 14.6. The summed E-state index contributed by atoms with van der Waals surface area (Å²) in [6.45, 7) is 11.6. The molecule has 2 aliphatic heterocycles. The molecule has 2 heterocycles. The van der Waals surface area contributed by atoms with Gasteiger partial charge in [0.25, 0.3) is 0 Å². The van der Waals surface area contributed by atoms with Crippen molar-refractivity contribution in [2.45, 2.75) is 12.8 Å². The Labute approximate surface area is 110 Å². The average Bonchev–Trinajstić information content (AvgIpc) is 3.03. The highest BCUT2D eigenvalue weighted by Gasteiger charge is 2.10. The Kier molecular flexibility index (Phi) is 4.34. The highest BCUT2D eigenvalue weighted by Crippen LogP contribution is 2.10. The molecule has 0 aromatic heterocycles. The minimum absolute atomic E-state index is 0.942. The lowest BCUT2D eigenvalue weighted by Gasteiger charge is -2.20. The van der Waals surface area contributed by atoms with E-state index in [-0.39, 0.29) is 0 Å². The number of rotatable bonds is 7. The van der Waals surface area contributed by atoms with Gasteiger partial charge in [-0.15, -0.1) is 0 Å². The van der Waals surface area contributed by atoms with Gasteiger partial charge in [-0.2, -0.15) is 0 Å². The standard InChI is InChI=1S/C14H22N4/c1-3-15-9-11-17(13-15)7-5-6-8-18-12-10-16(4-2)14-18/h3-4,9-12H,1-2,5-8,13-14H2. The Bertz CT molecular complexity index is 314. The molecule has 0 spiro atoms. The Morgan fingerprint density at radius 3 is 1.56 bits per heavy atom. The molecule has 0 saturated carbocycles. The van der Waals surface area contributed by atoms with Crippen LogP contribution in [0.3, 0.4) is 0 Å². The zero-order valence-electron chi connectivity index (χ0n) is 10.9. The molecule has 4 nitrogen and oxygen atoms in total. The Morgan fingerprint density at radius 1 is 0.778 bits per heavy atom. The normalized spacial score (nSPS) is 18.0. The lowest BCUT2D eigenvalue weighted by atomic mass is 10.3. The highest BCUT2D eigenvalue weighted by atomic mass is 15.3. The van der Waals surface area contributed by atoms with Crippen LogP contribution in [0.5, 0.6) is 0 Å². The van der Waals surface area contributed by atoms with E-state index in [2.05, 4.69) is 57.6 Å². The number of hydrogen-bond acceptors (Lipinski definition) is 4. The topological polar surface area (TPSA) is 13.0 Å². The SMILES string of the molecule is C=CN1C=CN(CCCCN2C=CN(C=C)C2)C1. The number of unbranched alkanes of at least 4 members (excludes halogenated alkanes) is 1. The second-order valence-electron chi connectivity index (χ2n) is 4.60. The van der Waals surface area contributed by atoms with E-state index in [1.54, 1.807) is 0 Å². The van der Waals surface area contributed by atoms with Gasteiger partial charge in [-0.05, 0) is 25.2 Å². The summed E-state index contributed by atoms with van der Waals surface area (Å²) in [5, 5.41) is 0. The zero-order chi connectivity index (χ0) is 12.8. The van der Waals surface area contributed by atoms with Crippen molar-refractivity contribution in [2.75, 3.05) is 26.4 Å². The lowest BCUT2D eigenvalue weighted by molar-refractivity contribution is 0.283. The predicted molar refractivity (Wildman–Crippen MR) is 74.7 cm³/mol. The van der Waals surface area contributed by atoms with Crippen LogP contribution in [0.1, 0.15) is 12.8 Å². The van der Waals surface area contributed by atoms with Crippen LogP contribution in [0.25, 0.3) is 0 Å². The molecule has 0 fully saturated rings. The van der Waals surface area contributed by atoms with Crippen molar-refractivity contribution in [3.8, 4) is 0 Å². The fraction of sp³-hybridized carbons (Fsp3) is 0.429. The molecular formula is C14H22N4. The van der Waals surface area contributed by atoms with Gasteiger partial charge < -0.3 is 19.6 Å². The summed E-state index contributed by atoms with van der Waals surface area (Å²) in [5.41, 5.74) is 0. The van der Waals surface area contributed by atoms with Gasteiger partial charge in [0, 0.05) is 37.9 Å². The Balaban J connectivity index is 1.55. The monoisotopic (exact) mass is 246 g/mol. The molecule has 0 radical (unpaired) electrons. The van der Waals surface area contributed by atoms with Gasteiger partial charge in [-0.25, -0.2) is 0 Å². The van der Waals surface area contributed by atoms with Gasteiger partial charge in [0.05, 0.1) is 13.3 Å². The smallest absolute Gasteiger partial charge is 0.0935 e. The van der Waals surface area contributed by atoms with Crippen LogP contribution in [0.15, 0.2) is 50.4 Å². The summed E-state index contributed by atoms with van der Waals surface area (Å²) in [7, 11) is 0. The minimum Gasteiger partial charge on any atom is -0.358 e. The van der Waals surface area contributed by atoms with E-state index < -0.39 is 0 Å². The van der Waals surface area contributed by atoms with Crippen LogP contribution in [0, 0.1) is 0 Å². The van der Waals surface area contributed by atoms with Crippen molar-refractivity contribution >= 4 is 0 Å². The third-order valence-electron chi connectivity index (χ3n) is 3.24. The first-order chi connectivity index (χ1) is 8.81. The van der Waals surface area contributed by atoms with Gasteiger partial charge in [0.15, 0.2) is 0 Å². The van der Waals surface area contributed by atoms with Crippen LogP contribution in [0.2, 0.25) is 0 Å². The maximum absolute atomic E-state index is 3.76. The first-order valence-corrected chi connectivity index (χ1v) is 6.43. The maximum atomic E-state index is 3.76. The molecule has 0 unspecified atom stereocenters. The van der Waals surface area contributed by atoms with Gasteiger partial charge in [-0.3, -0.25) is 0 Å². The van der Waals surface area contributed by atoms with Crippen LogP contribution in [-0.2, 0) is 0 Å². The fourth-order valence-corrected chi connectivity index (χ4v) is 2.13. The van der Waals surface area contributed by atoms with E-state index in [0.717, 1.165) is 26.4 Å². The lowest BCUT2D eigenvalue weighted by Crippen LogP contribution is -2.25. The maximum Gasteiger partial charge on any atom is 0.0935 e. The van der Waals surface area contributed by atoms with E-state index in [9.17, 15) is 0 Å². The average molecular weight is 246 g/mol. The van der Waals surface area contributed by atoms with Crippen molar-refractivity contribution in [1.29, 1.82) is 0 Å². The van der Waals surface area contributed by atoms with Gasteiger partial charge in [0.1, 0.15) is 0 Å². The molecule has 4 heteroatoms. The predicted octanol–water partition coefficient (Wildman–Crippen LogP) is 2.15. The molecule has 0 bridgehead atoms. The Hall–Kier alpha value is -1.84. The summed E-state index contributed by atoms with van der Waals surface area (Å²) in [5.74, 6) is 0. The minimum atomic E-state index is 0.942. The first kappa shape index (κ1) is 12.6. The Morgan fingerprint density at radius 2 is 1.22 bits per heavy atom. The van der Waals surface area contributed by atoms with Crippen molar-refractivity contribution in [2.24, 2.45) is 0 Å². The quantitative estimate of drug-likeness (QED) is 0.638. The molecular weight excluding hydrogens is 224 g/mol. The molecule has 0 atom stereocenters. The molecule has 18 heavy (non-hydrogen) atoms. The summed E-state index contributed by atoms with van der Waals surface area (Å²) >= 11 is 0. The summed E-state index contributed by atoms with van der Waals surface area (Å²) in [4.78, 5) is 8.81. The molecule has 98 valence electrons. The van der Waals surface area contributed by atoms with E-state index in [1.807, 2.05) is 12.4 Å². The van der Waals surface area contributed by atoms with Crippen LogP contribution in [-0.4, -0.2) is 46.0 Å².